The highest BCUT2D eigenvalue weighted by molar-refractivity contribution is 6.39. The molecule has 2 aliphatic carbocycles. The highest BCUT2D eigenvalue weighted by Gasteiger charge is 2.43. The number of anilines is 2. The number of benzene rings is 1. The Balaban J connectivity index is 1.16. The maximum Gasteiger partial charge on any atom is 0.272 e. The summed E-state index contributed by atoms with van der Waals surface area (Å²) in [6, 6.07) is 11.1. The zero-order valence-corrected chi connectivity index (χ0v) is 31.3. The number of carbonyl (C=O) groups excluding carboxylic acids is 3. The molecule has 14 nitrogen and oxygen atoms in total. The van der Waals surface area contributed by atoms with Crippen LogP contribution >= 0.6 is 0 Å². The van der Waals surface area contributed by atoms with Crippen molar-refractivity contribution in [3.8, 4) is 11.1 Å². The summed E-state index contributed by atoms with van der Waals surface area (Å²) < 4.78 is 2.08. The average Bonchev–Trinajstić information content (AvgIpc) is 4.08. The van der Waals surface area contributed by atoms with Gasteiger partial charge in [0.2, 0.25) is 5.91 Å². The van der Waals surface area contributed by atoms with Crippen LogP contribution in [0.3, 0.4) is 0 Å². The molecule has 4 aliphatic rings. The van der Waals surface area contributed by atoms with Crippen LogP contribution in [0.1, 0.15) is 79.9 Å². The Morgan fingerprint density at radius 2 is 1.76 bits per heavy atom. The Hall–Kier alpha value is -5.24. The molecule has 1 saturated heterocycles. The van der Waals surface area contributed by atoms with E-state index >= 15 is 0 Å². The lowest BCUT2D eigenvalue weighted by Crippen LogP contribution is -2.60. The van der Waals surface area contributed by atoms with Crippen molar-refractivity contribution in [1.29, 1.82) is 0 Å². The van der Waals surface area contributed by atoms with E-state index in [9.17, 15) is 14.4 Å². The van der Waals surface area contributed by atoms with E-state index < -0.39 is 11.2 Å². The number of aromatic nitrogens is 3. The van der Waals surface area contributed by atoms with E-state index in [0.717, 1.165) is 54.6 Å². The summed E-state index contributed by atoms with van der Waals surface area (Å²) >= 11 is 0. The standard InChI is InChI=1S/C38H47B2N11O3/c1-5-29-34-25(18-43-51(34)23-19-50(20-23)38(39,40)30-12-8-11-27(46-30)37(54)48(3)6-2)24-9-7-10-26(33(24)49(29)4)45-28(32(42)36(53)44-22-15-16-22)17-31(41)47-35(52)21-13-14-21/h7-12,17-18,21-23,29,45H,5-6,13-16,19-20,41-42H2,1-4H3,(H,44,53)(H,47,52)/b31-17+,32-28+. The molecular formula is C38H47B2N11O3. The van der Waals surface area contributed by atoms with Gasteiger partial charge >= 0.3 is 0 Å². The summed E-state index contributed by atoms with van der Waals surface area (Å²) in [6.07, 6.45) is 7.67. The molecule has 2 aliphatic heterocycles. The number of hydrogen-bond acceptors (Lipinski definition) is 10. The van der Waals surface area contributed by atoms with Crippen molar-refractivity contribution in [3.63, 3.8) is 0 Å². The first-order chi connectivity index (χ1) is 25.8. The number of amides is 3. The van der Waals surface area contributed by atoms with Gasteiger partial charge in [-0.25, -0.2) is 4.98 Å². The number of pyridine rings is 1. The molecule has 278 valence electrons. The van der Waals surface area contributed by atoms with Crippen LogP contribution in [0, 0.1) is 5.92 Å². The van der Waals surface area contributed by atoms with Crippen molar-refractivity contribution in [1.82, 2.24) is 35.2 Å². The molecule has 2 aromatic heterocycles. The molecule has 54 heavy (non-hydrogen) atoms. The molecule has 2 saturated carbocycles. The van der Waals surface area contributed by atoms with Gasteiger partial charge in [0.25, 0.3) is 11.8 Å². The number of nitrogens with one attached hydrogen (secondary N) is 3. The predicted octanol–water partition coefficient (Wildman–Crippen LogP) is 2.13. The molecule has 1 atom stereocenters. The summed E-state index contributed by atoms with van der Waals surface area (Å²) in [7, 11) is 17.2. The van der Waals surface area contributed by atoms with E-state index in [-0.39, 0.29) is 53.1 Å². The van der Waals surface area contributed by atoms with Crippen molar-refractivity contribution in [2.75, 3.05) is 43.9 Å². The summed E-state index contributed by atoms with van der Waals surface area (Å²) in [5.74, 6) is -0.688. The minimum absolute atomic E-state index is 0.000141. The first-order valence-electron chi connectivity index (χ1n) is 18.7. The van der Waals surface area contributed by atoms with Gasteiger partial charge in [-0.05, 0) is 62.6 Å². The van der Waals surface area contributed by atoms with Crippen molar-refractivity contribution >= 4 is 44.8 Å². The Labute approximate surface area is 318 Å². The lowest BCUT2D eigenvalue weighted by Gasteiger charge is -2.50. The number of likely N-dealkylation sites (tertiary alicyclic amines) is 1. The molecular weight excluding hydrogens is 680 g/mol. The predicted molar refractivity (Wildman–Crippen MR) is 209 cm³/mol. The van der Waals surface area contributed by atoms with Crippen LogP contribution in [-0.4, -0.2) is 97.7 Å². The normalized spacial score (nSPS) is 19.2. The van der Waals surface area contributed by atoms with E-state index in [1.807, 2.05) is 43.3 Å². The minimum atomic E-state index is -1.39. The zero-order chi connectivity index (χ0) is 38.5. The van der Waals surface area contributed by atoms with Crippen LogP contribution in [0.25, 0.3) is 11.1 Å². The van der Waals surface area contributed by atoms with Crippen molar-refractivity contribution in [2.24, 2.45) is 17.4 Å². The van der Waals surface area contributed by atoms with Crippen molar-refractivity contribution < 1.29 is 14.4 Å². The summed E-state index contributed by atoms with van der Waals surface area (Å²) in [5, 5.41) is 12.6. The third-order valence-corrected chi connectivity index (χ3v) is 10.8. The van der Waals surface area contributed by atoms with Crippen LogP contribution in [0.2, 0.25) is 0 Å². The smallest absolute Gasteiger partial charge is 0.272 e. The van der Waals surface area contributed by atoms with E-state index in [4.69, 9.17) is 32.3 Å². The molecule has 1 aromatic carbocycles. The van der Waals surface area contributed by atoms with Gasteiger partial charge in [-0.15, -0.1) is 0 Å². The summed E-state index contributed by atoms with van der Waals surface area (Å²) in [6.45, 7) is 5.66. The quantitative estimate of drug-likeness (QED) is 0.0996. The largest absolute Gasteiger partial charge is 0.393 e. The third kappa shape index (κ3) is 7.06. The maximum absolute atomic E-state index is 13.2. The second-order valence-electron chi connectivity index (χ2n) is 14.8. The molecule has 3 amide bonds. The van der Waals surface area contributed by atoms with E-state index in [0.29, 0.717) is 36.7 Å². The number of nitrogens with zero attached hydrogens (tertiary/aromatic N) is 6. The van der Waals surface area contributed by atoms with E-state index in [2.05, 4.69) is 37.4 Å². The number of carbonyl (C=O) groups is 3. The van der Waals surface area contributed by atoms with Crippen LogP contribution in [-0.2, 0) is 14.9 Å². The molecule has 7 rings (SSSR count). The molecule has 0 bridgehead atoms. The molecule has 16 heteroatoms. The van der Waals surface area contributed by atoms with Crippen LogP contribution in [0.15, 0.2) is 65.9 Å². The average molecular weight is 727 g/mol. The molecule has 3 aromatic rings. The van der Waals surface area contributed by atoms with Gasteiger partial charge in [-0.2, -0.15) is 5.10 Å². The van der Waals surface area contributed by atoms with Gasteiger partial charge in [0.15, 0.2) is 0 Å². The molecule has 4 radical (unpaired) electrons. The van der Waals surface area contributed by atoms with Crippen LogP contribution in [0.4, 0.5) is 11.4 Å². The summed E-state index contributed by atoms with van der Waals surface area (Å²) in [4.78, 5) is 48.7. The second-order valence-corrected chi connectivity index (χ2v) is 14.8. The molecule has 0 spiro atoms. The topological polar surface area (TPSA) is 180 Å². The van der Waals surface area contributed by atoms with Gasteiger partial charge in [0.05, 0.1) is 56.7 Å². The number of allylic oxidation sites excluding steroid dienone is 1. The monoisotopic (exact) mass is 727 g/mol. The molecule has 1 unspecified atom stereocenters. The fourth-order valence-electron chi connectivity index (χ4n) is 7.16. The Bertz CT molecular complexity index is 2030. The fourth-order valence-corrected chi connectivity index (χ4v) is 7.16. The second kappa shape index (κ2) is 14.5. The van der Waals surface area contributed by atoms with Gasteiger partial charge in [-0.1, -0.05) is 25.1 Å². The van der Waals surface area contributed by atoms with Crippen LogP contribution in [0.5, 0.6) is 0 Å². The minimum Gasteiger partial charge on any atom is -0.393 e. The number of nitrogens with two attached hydrogens (primary N) is 2. The highest BCUT2D eigenvalue weighted by atomic mass is 16.2. The van der Waals surface area contributed by atoms with Gasteiger partial charge in [-0.3, -0.25) is 19.1 Å². The number of para-hydroxylation sites is 1. The Morgan fingerprint density at radius 3 is 2.43 bits per heavy atom. The molecule has 3 fully saturated rings. The Kier molecular flexibility index (Phi) is 9.98. The van der Waals surface area contributed by atoms with Crippen LogP contribution < -0.4 is 32.3 Å². The third-order valence-electron chi connectivity index (χ3n) is 10.8. The van der Waals surface area contributed by atoms with E-state index in [1.54, 1.807) is 30.1 Å². The maximum atomic E-state index is 13.2. The first kappa shape index (κ1) is 37.1. The highest BCUT2D eigenvalue weighted by Crippen LogP contribution is 2.50. The summed E-state index contributed by atoms with van der Waals surface area (Å²) in [5.41, 5.74) is 18.4. The van der Waals surface area contributed by atoms with Crippen molar-refractivity contribution in [3.05, 3.63) is 83.0 Å². The SMILES string of the molecule is [B]C([B])(c1cccc(C(=O)N(C)CC)n1)N1CC(n2ncc3c2C(CC)N(C)c2c(NC(/C=C(\N)NC(=O)C4CC4)=C(/N)C(=O)NC4CC4)cccc2-3)C1. The lowest BCUT2D eigenvalue weighted by atomic mass is 9.57. The lowest BCUT2D eigenvalue weighted by molar-refractivity contribution is -0.121. The number of hydrogen-bond donors (Lipinski definition) is 5. The Morgan fingerprint density at radius 1 is 1.04 bits per heavy atom. The molecule has 4 heterocycles. The van der Waals surface area contributed by atoms with Gasteiger partial charge < -0.3 is 42.1 Å². The van der Waals surface area contributed by atoms with Gasteiger partial charge in [0.1, 0.15) is 17.2 Å². The van der Waals surface area contributed by atoms with Crippen molar-refractivity contribution in [2.45, 2.75) is 69.4 Å². The number of rotatable bonds is 13. The van der Waals surface area contributed by atoms with Gasteiger partial charge in [0, 0.05) is 68.6 Å². The first-order valence-corrected chi connectivity index (χ1v) is 18.7. The fraction of sp³-hybridized carbons (Fsp3) is 0.447. The molecule has 7 N–H and O–H groups in total. The zero-order valence-electron chi connectivity index (χ0n) is 31.3. The number of fused-ring (bicyclic) bond motifs is 3. The van der Waals surface area contributed by atoms with E-state index in [1.165, 1.54) is 6.08 Å².